The van der Waals surface area contributed by atoms with Crippen LogP contribution in [-0.4, -0.2) is 9.97 Å². The highest BCUT2D eigenvalue weighted by molar-refractivity contribution is 7.12. The van der Waals surface area contributed by atoms with Gasteiger partial charge in [0.1, 0.15) is 0 Å². The van der Waals surface area contributed by atoms with E-state index in [1.54, 1.807) is 12.4 Å². The Balaban J connectivity index is 2.02. The van der Waals surface area contributed by atoms with Crippen LogP contribution in [0.5, 0.6) is 0 Å². The van der Waals surface area contributed by atoms with Crippen molar-refractivity contribution in [2.75, 3.05) is 0 Å². The third kappa shape index (κ3) is 3.11. The number of hydrogen-bond acceptors (Lipinski definition) is 4. The minimum absolute atomic E-state index is 0.209. The quantitative estimate of drug-likeness (QED) is 0.901. The van der Waals surface area contributed by atoms with Gasteiger partial charge in [0.05, 0.1) is 5.69 Å². The van der Waals surface area contributed by atoms with Gasteiger partial charge in [0, 0.05) is 40.4 Å². The lowest BCUT2D eigenvalue weighted by atomic mass is 10.2. The molecule has 0 bridgehead atoms. The first-order chi connectivity index (χ1) is 8.16. The van der Waals surface area contributed by atoms with E-state index in [1.807, 2.05) is 17.5 Å². The van der Waals surface area contributed by atoms with E-state index in [0.717, 1.165) is 5.69 Å². The zero-order valence-corrected chi connectivity index (χ0v) is 11.2. The second-order valence-electron chi connectivity index (χ2n) is 4.19. The Hall–Kier alpha value is -1.26. The lowest BCUT2D eigenvalue weighted by molar-refractivity contribution is 0.490. The normalized spacial score (nSPS) is 14.5. The van der Waals surface area contributed by atoms with Gasteiger partial charge in [-0.15, -0.1) is 11.3 Å². The molecule has 0 spiro atoms. The Bertz CT molecular complexity index is 467. The van der Waals surface area contributed by atoms with Gasteiger partial charge in [0.2, 0.25) is 0 Å². The third-order valence-electron chi connectivity index (χ3n) is 2.71. The summed E-state index contributed by atoms with van der Waals surface area (Å²) in [7, 11) is 0. The van der Waals surface area contributed by atoms with Gasteiger partial charge in [-0.05, 0) is 32.9 Å². The lowest BCUT2D eigenvalue weighted by Gasteiger charge is -2.18. The van der Waals surface area contributed by atoms with Crippen molar-refractivity contribution in [3.63, 3.8) is 0 Å². The monoisotopic (exact) mass is 247 g/mol. The second kappa shape index (κ2) is 5.38. The standard InChI is InChI=1S/C13H17N3S/c1-9-4-5-13(17-9)11(3)16-10(2)12-8-14-6-7-15-12/h4-8,10-11,16H,1-3H3. The minimum Gasteiger partial charge on any atom is -0.301 e. The molecule has 2 aromatic heterocycles. The summed E-state index contributed by atoms with van der Waals surface area (Å²) in [6.45, 7) is 6.42. The Kier molecular flexibility index (Phi) is 3.86. The zero-order valence-electron chi connectivity index (χ0n) is 10.3. The molecule has 0 saturated carbocycles. The molecule has 1 N–H and O–H groups in total. The van der Waals surface area contributed by atoms with Gasteiger partial charge < -0.3 is 5.32 Å². The van der Waals surface area contributed by atoms with E-state index in [4.69, 9.17) is 0 Å². The highest BCUT2D eigenvalue weighted by atomic mass is 32.1. The first-order valence-corrected chi connectivity index (χ1v) is 6.57. The summed E-state index contributed by atoms with van der Waals surface area (Å²) >= 11 is 1.83. The number of nitrogens with zero attached hydrogens (tertiary/aromatic N) is 2. The van der Waals surface area contributed by atoms with Gasteiger partial charge in [0.25, 0.3) is 0 Å². The first-order valence-electron chi connectivity index (χ1n) is 5.75. The van der Waals surface area contributed by atoms with Crippen molar-refractivity contribution in [2.45, 2.75) is 32.9 Å². The largest absolute Gasteiger partial charge is 0.301 e. The summed E-state index contributed by atoms with van der Waals surface area (Å²) in [5.74, 6) is 0. The van der Waals surface area contributed by atoms with Gasteiger partial charge in [-0.1, -0.05) is 0 Å². The molecule has 4 heteroatoms. The van der Waals surface area contributed by atoms with Crippen LogP contribution < -0.4 is 5.32 Å². The van der Waals surface area contributed by atoms with E-state index in [9.17, 15) is 0 Å². The van der Waals surface area contributed by atoms with Gasteiger partial charge in [-0.2, -0.15) is 0 Å². The molecule has 0 fully saturated rings. The van der Waals surface area contributed by atoms with Crippen LogP contribution in [0.4, 0.5) is 0 Å². The van der Waals surface area contributed by atoms with Gasteiger partial charge in [0.15, 0.2) is 0 Å². The van der Waals surface area contributed by atoms with E-state index < -0.39 is 0 Å². The minimum atomic E-state index is 0.209. The van der Waals surface area contributed by atoms with Crippen molar-refractivity contribution in [1.29, 1.82) is 0 Å². The Morgan fingerprint density at radius 2 is 2.00 bits per heavy atom. The smallest absolute Gasteiger partial charge is 0.0753 e. The highest BCUT2D eigenvalue weighted by Crippen LogP contribution is 2.24. The van der Waals surface area contributed by atoms with E-state index in [-0.39, 0.29) is 6.04 Å². The lowest BCUT2D eigenvalue weighted by Crippen LogP contribution is -2.22. The molecule has 0 aromatic carbocycles. The van der Waals surface area contributed by atoms with Crippen molar-refractivity contribution < 1.29 is 0 Å². The highest BCUT2D eigenvalue weighted by Gasteiger charge is 2.13. The van der Waals surface area contributed by atoms with Crippen molar-refractivity contribution in [3.8, 4) is 0 Å². The number of aromatic nitrogens is 2. The number of hydrogen-bond donors (Lipinski definition) is 1. The van der Waals surface area contributed by atoms with Gasteiger partial charge in [-0.3, -0.25) is 9.97 Å². The van der Waals surface area contributed by atoms with E-state index in [2.05, 4.69) is 48.2 Å². The van der Waals surface area contributed by atoms with E-state index >= 15 is 0 Å². The fourth-order valence-corrected chi connectivity index (χ4v) is 2.65. The second-order valence-corrected chi connectivity index (χ2v) is 5.51. The summed E-state index contributed by atoms with van der Waals surface area (Å²) in [6, 6.07) is 4.89. The number of thiophene rings is 1. The maximum Gasteiger partial charge on any atom is 0.0753 e. The van der Waals surface area contributed by atoms with Gasteiger partial charge >= 0.3 is 0 Å². The fraction of sp³-hybridized carbons (Fsp3) is 0.385. The molecule has 0 aliphatic heterocycles. The fourth-order valence-electron chi connectivity index (χ4n) is 1.76. The maximum absolute atomic E-state index is 4.31. The van der Waals surface area contributed by atoms with Crippen LogP contribution in [0.1, 0.15) is 41.4 Å². The summed E-state index contributed by atoms with van der Waals surface area (Å²) < 4.78 is 0. The van der Waals surface area contributed by atoms with Crippen molar-refractivity contribution in [1.82, 2.24) is 15.3 Å². The average molecular weight is 247 g/mol. The van der Waals surface area contributed by atoms with E-state index in [0.29, 0.717) is 6.04 Å². The molecule has 2 unspecified atom stereocenters. The number of rotatable bonds is 4. The topological polar surface area (TPSA) is 37.8 Å². The molecule has 90 valence electrons. The zero-order chi connectivity index (χ0) is 12.3. The van der Waals surface area contributed by atoms with Crippen LogP contribution in [0.2, 0.25) is 0 Å². The summed E-state index contributed by atoms with van der Waals surface area (Å²) in [6.07, 6.45) is 5.24. The number of nitrogens with one attached hydrogen (secondary N) is 1. The van der Waals surface area contributed by atoms with E-state index in [1.165, 1.54) is 9.75 Å². The molecule has 0 aliphatic rings. The van der Waals surface area contributed by atoms with Crippen molar-refractivity contribution >= 4 is 11.3 Å². The van der Waals surface area contributed by atoms with Gasteiger partial charge in [-0.25, -0.2) is 0 Å². The molecule has 2 atom stereocenters. The molecule has 0 amide bonds. The summed E-state index contributed by atoms with van der Waals surface area (Å²) in [5, 5.41) is 3.53. The average Bonchev–Trinajstić information content (AvgIpc) is 2.77. The molecule has 2 aromatic rings. The maximum atomic E-state index is 4.31. The predicted octanol–water partition coefficient (Wildman–Crippen LogP) is 3.26. The SMILES string of the molecule is Cc1ccc(C(C)NC(C)c2cnccn2)s1. The van der Waals surface area contributed by atoms with Crippen LogP contribution in [0.25, 0.3) is 0 Å². The first kappa shape index (κ1) is 12.2. The Morgan fingerprint density at radius 1 is 1.18 bits per heavy atom. The van der Waals surface area contributed by atoms with Crippen molar-refractivity contribution in [2.24, 2.45) is 0 Å². The molecule has 3 nitrogen and oxygen atoms in total. The molecule has 0 saturated heterocycles. The summed E-state index contributed by atoms with van der Waals surface area (Å²) in [5.41, 5.74) is 0.979. The third-order valence-corrected chi connectivity index (χ3v) is 3.90. The van der Waals surface area contributed by atoms with Crippen LogP contribution in [0, 0.1) is 6.92 Å². The van der Waals surface area contributed by atoms with Crippen LogP contribution in [-0.2, 0) is 0 Å². The Morgan fingerprint density at radius 3 is 2.59 bits per heavy atom. The molecule has 0 aliphatic carbocycles. The van der Waals surface area contributed by atoms with Crippen molar-refractivity contribution in [3.05, 3.63) is 46.2 Å². The predicted molar refractivity (Wildman–Crippen MR) is 71.1 cm³/mol. The molecular weight excluding hydrogens is 230 g/mol. The molecule has 0 radical (unpaired) electrons. The summed E-state index contributed by atoms with van der Waals surface area (Å²) in [4.78, 5) is 11.1. The number of aryl methyl sites for hydroxylation is 1. The van der Waals surface area contributed by atoms with Crippen LogP contribution in [0.15, 0.2) is 30.7 Å². The molecule has 2 heterocycles. The molecular formula is C13H17N3S. The Labute approximate surface area is 106 Å². The van der Waals surface area contributed by atoms with Crippen LogP contribution in [0.3, 0.4) is 0 Å². The molecule has 17 heavy (non-hydrogen) atoms. The van der Waals surface area contributed by atoms with Crippen LogP contribution >= 0.6 is 11.3 Å². The molecule has 2 rings (SSSR count).